The number of rotatable bonds is 15. The van der Waals surface area contributed by atoms with E-state index in [4.69, 9.17) is 21.7 Å². The third-order valence-corrected chi connectivity index (χ3v) is 3.94. The fourth-order valence-corrected chi connectivity index (χ4v) is 2.57. The van der Waals surface area contributed by atoms with Crippen LogP contribution in [0.15, 0.2) is 12.7 Å². The zero-order valence-corrected chi connectivity index (χ0v) is 19.6. The first-order chi connectivity index (χ1) is 11.6. The van der Waals surface area contributed by atoms with Gasteiger partial charge in [-0.15, -0.1) is 6.58 Å². The average Bonchev–Trinajstić information content (AvgIpc) is 2.49. The molecule has 0 aromatic carbocycles. The summed E-state index contributed by atoms with van der Waals surface area (Å²) in [4.78, 5) is 0. The minimum atomic E-state index is -4.67. The molecule has 0 aliphatic rings. The van der Waals surface area contributed by atoms with E-state index in [1.165, 1.54) is 51.0 Å². The summed E-state index contributed by atoms with van der Waals surface area (Å²) in [7, 11) is -8.49. The monoisotopic (exact) mass is 428 g/mol. The maximum atomic E-state index is 11.2. The summed E-state index contributed by atoms with van der Waals surface area (Å²) in [5.74, 6) is 0. The number of hydrogen-bond acceptors (Lipinski definition) is 6. The van der Waals surface area contributed by atoms with E-state index in [0.717, 1.165) is 19.3 Å². The van der Waals surface area contributed by atoms with Crippen LogP contribution in [0, 0.1) is 0 Å². The summed E-state index contributed by atoms with van der Waals surface area (Å²) in [6, 6.07) is 0. The van der Waals surface area contributed by atoms with Crippen LogP contribution < -0.4 is 29.6 Å². The second-order valence-electron chi connectivity index (χ2n) is 5.43. The number of hydrogen-bond donors (Lipinski definition) is 2. The van der Waals surface area contributed by atoms with Gasteiger partial charge in [-0.05, 0) is 6.42 Å². The van der Waals surface area contributed by atoms with Crippen LogP contribution >= 0.6 is 0 Å². The van der Waals surface area contributed by atoms with E-state index in [1.807, 2.05) is 0 Å². The minimum Gasteiger partial charge on any atom is -1.00 e. The van der Waals surface area contributed by atoms with E-state index in [-0.39, 0.29) is 44.2 Å². The Labute approximate surface area is 182 Å². The Morgan fingerprint density at radius 3 is 1.62 bits per heavy atom. The fourth-order valence-electron chi connectivity index (χ4n) is 1.92. The maximum absolute atomic E-state index is 11.2. The van der Waals surface area contributed by atoms with Crippen molar-refractivity contribution in [2.75, 3.05) is 13.2 Å². The van der Waals surface area contributed by atoms with Crippen molar-refractivity contribution in [3.05, 3.63) is 12.7 Å². The van der Waals surface area contributed by atoms with Gasteiger partial charge in [-0.2, -0.15) is 16.8 Å². The minimum absolute atomic E-state index is 0. The Morgan fingerprint density at radius 1 is 0.846 bits per heavy atom. The molecule has 0 unspecified atom stereocenters. The van der Waals surface area contributed by atoms with Crippen LogP contribution in [0.2, 0.25) is 0 Å². The van der Waals surface area contributed by atoms with Crippen LogP contribution in [0.5, 0.6) is 0 Å². The van der Waals surface area contributed by atoms with Gasteiger partial charge in [0.05, 0.1) is 13.2 Å². The molecule has 0 fully saturated rings. The molecule has 2 N–H and O–H groups in total. The number of unbranched alkanes of at least 4 members (excludes halogenated alkanes) is 9. The SMILES string of the molecule is C=CCOS(=O)(=O)OCCCCCCCCCCCC.O=S(=O)(O)O.[H-].[Na+]. The molecule has 0 rings (SSSR count). The first kappa shape index (κ1) is 31.2. The molecule has 11 heteroatoms. The van der Waals surface area contributed by atoms with Crippen molar-refractivity contribution in [2.45, 2.75) is 71.1 Å². The first-order valence-electron chi connectivity index (χ1n) is 8.47. The largest absolute Gasteiger partial charge is 1.00 e. The van der Waals surface area contributed by atoms with Crippen molar-refractivity contribution in [1.82, 2.24) is 0 Å². The van der Waals surface area contributed by atoms with Gasteiger partial charge in [-0.25, -0.2) is 8.37 Å². The van der Waals surface area contributed by atoms with Crippen LogP contribution in [-0.4, -0.2) is 39.2 Å². The fraction of sp³-hybridized carbons (Fsp3) is 0.867. The van der Waals surface area contributed by atoms with Crippen molar-refractivity contribution in [1.29, 1.82) is 0 Å². The first-order valence-corrected chi connectivity index (χ1v) is 11.2. The van der Waals surface area contributed by atoms with Crippen LogP contribution in [0.1, 0.15) is 72.6 Å². The summed E-state index contributed by atoms with van der Waals surface area (Å²) >= 11 is 0. The Hall–Kier alpha value is 0.480. The summed E-state index contributed by atoms with van der Waals surface area (Å²) in [5, 5.41) is 0. The zero-order chi connectivity index (χ0) is 19.6. The van der Waals surface area contributed by atoms with Gasteiger partial charge >= 0.3 is 50.4 Å². The molecule has 0 aromatic rings. The molecule has 0 radical (unpaired) electrons. The van der Waals surface area contributed by atoms with Crippen LogP contribution in [0.4, 0.5) is 0 Å². The van der Waals surface area contributed by atoms with Gasteiger partial charge in [-0.3, -0.25) is 9.11 Å². The molecule has 26 heavy (non-hydrogen) atoms. The van der Waals surface area contributed by atoms with Crippen molar-refractivity contribution in [2.24, 2.45) is 0 Å². The maximum Gasteiger partial charge on any atom is 1.00 e. The third-order valence-electron chi connectivity index (χ3n) is 3.06. The molecule has 0 aliphatic carbocycles. The van der Waals surface area contributed by atoms with E-state index in [0.29, 0.717) is 0 Å². The van der Waals surface area contributed by atoms with Gasteiger partial charge in [0.15, 0.2) is 0 Å². The summed E-state index contributed by atoms with van der Waals surface area (Å²) in [6.07, 6.45) is 13.4. The predicted octanol–water partition coefficient (Wildman–Crippen LogP) is 0.835. The smallest absolute Gasteiger partial charge is 1.00 e. The van der Waals surface area contributed by atoms with Crippen LogP contribution in [0.25, 0.3) is 0 Å². The molecule has 154 valence electrons. The normalized spacial score (nSPS) is 11.2. The predicted molar refractivity (Wildman–Crippen MR) is 98.2 cm³/mol. The van der Waals surface area contributed by atoms with Crippen molar-refractivity contribution < 1.29 is 65.3 Å². The topological polar surface area (TPSA) is 127 Å². The van der Waals surface area contributed by atoms with Gasteiger partial charge in [0.1, 0.15) is 0 Å². The van der Waals surface area contributed by atoms with E-state index in [1.54, 1.807) is 0 Å². The molecule has 0 bridgehead atoms. The molecule has 0 aliphatic heterocycles. The molecule has 0 saturated heterocycles. The molecule has 0 saturated carbocycles. The standard InChI is InChI=1S/C15H30O4S.Na.H2O4S.H/c1-3-5-6-7-8-9-10-11-12-13-15-19-20(16,17)18-14-4-2;;1-5(2,3)4;/h4H,2-3,5-15H2,1H3;;(H2,1,2,3,4);/q;+1;;-1. The van der Waals surface area contributed by atoms with E-state index in [9.17, 15) is 8.42 Å². The average molecular weight is 429 g/mol. The molecule has 0 spiro atoms. The Bertz CT molecular complexity index is 504. The summed E-state index contributed by atoms with van der Waals surface area (Å²) in [5.41, 5.74) is 0. The van der Waals surface area contributed by atoms with Gasteiger partial charge in [0.25, 0.3) is 0 Å². The van der Waals surface area contributed by atoms with Crippen molar-refractivity contribution in [3.63, 3.8) is 0 Å². The quantitative estimate of drug-likeness (QED) is 0.170. The van der Waals surface area contributed by atoms with E-state index < -0.39 is 20.8 Å². The molecule has 8 nitrogen and oxygen atoms in total. The van der Waals surface area contributed by atoms with Crippen LogP contribution in [0.3, 0.4) is 0 Å². The Balaban J connectivity index is -0.000000333. The molecular weight excluding hydrogens is 395 g/mol. The summed E-state index contributed by atoms with van der Waals surface area (Å²) < 4.78 is 63.1. The summed E-state index contributed by atoms with van der Waals surface area (Å²) in [6.45, 7) is 5.77. The molecule has 0 amide bonds. The Kier molecular flexibility index (Phi) is 24.3. The third kappa shape index (κ3) is 35.6. The Morgan fingerprint density at radius 2 is 1.23 bits per heavy atom. The van der Waals surface area contributed by atoms with Gasteiger partial charge in [0, 0.05) is 0 Å². The molecule has 0 heterocycles. The van der Waals surface area contributed by atoms with Crippen molar-refractivity contribution >= 4 is 20.8 Å². The van der Waals surface area contributed by atoms with Crippen molar-refractivity contribution in [3.8, 4) is 0 Å². The van der Waals surface area contributed by atoms with Gasteiger partial charge in [-0.1, -0.05) is 70.8 Å². The molecule has 0 atom stereocenters. The molecular formula is C15H33NaO8S2. The molecule has 0 aromatic heterocycles. The van der Waals surface area contributed by atoms with E-state index >= 15 is 0 Å². The van der Waals surface area contributed by atoms with Gasteiger partial charge in [0.2, 0.25) is 0 Å². The van der Waals surface area contributed by atoms with Crippen LogP contribution in [-0.2, 0) is 29.2 Å². The zero-order valence-electron chi connectivity index (χ0n) is 16.9. The second-order valence-corrected chi connectivity index (χ2v) is 7.62. The second kappa shape index (κ2) is 20.2. The van der Waals surface area contributed by atoms with Gasteiger partial charge < -0.3 is 1.43 Å². The van der Waals surface area contributed by atoms with E-state index in [2.05, 4.69) is 17.7 Å².